The molecule has 0 amide bonds. The van der Waals surface area contributed by atoms with E-state index < -0.39 is 29.7 Å². The predicted octanol–water partition coefficient (Wildman–Crippen LogP) is 8.26. The first-order valence-corrected chi connectivity index (χ1v) is 21.2. The van der Waals surface area contributed by atoms with Crippen LogP contribution in [0.5, 0.6) is 11.5 Å². The Morgan fingerprint density at radius 2 is 1.22 bits per heavy atom. The zero-order valence-corrected chi connectivity index (χ0v) is 34.6. The van der Waals surface area contributed by atoms with E-state index in [1.807, 2.05) is 24.3 Å². The van der Waals surface area contributed by atoms with Gasteiger partial charge < -0.3 is 28.4 Å². The number of hydrogen-bond donors (Lipinski definition) is 1. The van der Waals surface area contributed by atoms with Crippen molar-refractivity contribution < 1.29 is 52.4 Å². The van der Waals surface area contributed by atoms with Crippen molar-refractivity contribution in [1.82, 2.24) is 4.98 Å². The number of benzene rings is 2. The number of carbonyl (C=O) groups is 5. The van der Waals surface area contributed by atoms with Crippen LogP contribution in [0.25, 0.3) is 10.2 Å². The fourth-order valence-corrected chi connectivity index (χ4v) is 7.68. The van der Waals surface area contributed by atoms with Crippen LogP contribution in [-0.4, -0.2) is 67.5 Å². The zero-order valence-electron chi connectivity index (χ0n) is 33.8. The van der Waals surface area contributed by atoms with Crippen LogP contribution in [0, 0.1) is 23.7 Å². The quantitative estimate of drug-likeness (QED) is 0.0118. The third-order valence-corrected chi connectivity index (χ3v) is 11.3. The minimum atomic E-state index is -0.488. The Kier molecular flexibility index (Phi) is 17.9. The summed E-state index contributed by atoms with van der Waals surface area (Å²) in [4.78, 5) is 67.7. The van der Waals surface area contributed by atoms with Crippen LogP contribution in [0.1, 0.15) is 82.6 Å². The highest BCUT2D eigenvalue weighted by molar-refractivity contribution is 7.22. The summed E-state index contributed by atoms with van der Waals surface area (Å²) in [5.74, 6) is -2.30. The van der Waals surface area contributed by atoms with Crippen molar-refractivity contribution in [1.29, 1.82) is 0 Å². The standard InChI is InChI=1S/C45H53N3O11S/c1-4-30(3)54-24-8-10-26-56-42(51)32-16-20-34(21-17-32)44(53)59-38-23-22-36(28-35(38)29-46-48-45-47-37-12-6-7-13-39(37)60-45)58-43(52)33-18-14-31(15-19-33)41(50)57-27-11-9-25-55-40(49)5-2/h4-7,12-13,22-23,28-29,31-34H,1-3,8-11,14-21,24-27H2,(H,47,48)/b46-29+. The van der Waals surface area contributed by atoms with Gasteiger partial charge in [0.1, 0.15) is 17.3 Å². The average Bonchev–Trinajstić information content (AvgIpc) is 3.69. The Labute approximate surface area is 354 Å². The number of para-hydroxylation sites is 1. The zero-order chi connectivity index (χ0) is 42.7. The van der Waals surface area contributed by atoms with Gasteiger partial charge in [-0.15, -0.1) is 0 Å². The Bertz CT molecular complexity index is 1980. The maximum Gasteiger partial charge on any atom is 0.330 e. The van der Waals surface area contributed by atoms with E-state index in [9.17, 15) is 24.0 Å². The van der Waals surface area contributed by atoms with Gasteiger partial charge in [0.2, 0.25) is 5.13 Å². The fraction of sp³-hybridized carbons (Fsp3) is 0.444. The number of fused-ring (bicyclic) bond motifs is 1. The molecule has 2 fully saturated rings. The molecule has 14 nitrogen and oxygen atoms in total. The Morgan fingerprint density at radius 3 is 1.78 bits per heavy atom. The lowest BCUT2D eigenvalue weighted by Crippen LogP contribution is -2.30. The van der Waals surface area contributed by atoms with Crippen LogP contribution in [-0.2, 0) is 42.9 Å². The number of nitrogens with zero attached hydrogens (tertiary/aromatic N) is 2. The molecule has 1 N–H and O–H groups in total. The first-order chi connectivity index (χ1) is 29.1. The summed E-state index contributed by atoms with van der Waals surface area (Å²) in [5.41, 5.74) is 4.16. The monoisotopic (exact) mass is 843 g/mol. The van der Waals surface area contributed by atoms with E-state index in [0.717, 1.165) is 22.7 Å². The second-order valence-electron chi connectivity index (χ2n) is 14.6. The molecule has 320 valence electrons. The molecule has 2 aromatic carbocycles. The predicted molar refractivity (Wildman–Crippen MR) is 226 cm³/mol. The highest BCUT2D eigenvalue weighted by atomic mass is 32.1. The Balaban J connectivity index is 1.13. The molecule has 2 aliphatic carbocycles. The van der Waals surface area contributed by atoms with Gasteiger partial charge in [0.05, 0.1) is 66.5 Å². The highest BCUT2D eigenvalue weighted by Gasteiger charge is 2.33. The molecule has 5 rings (SSSR count). The van der Waals surface area contributed by atoms with Gasteiger partial charge in [0.15, 0.2) is 0 Å². The molecule has 0 bridgehead atoms. The molecule has 0 aliphatic heterocycles. The summed E-state index contributed by atoms with van der Waals surface area (Å²) in [6, 6.07) is 12.4. The molecule has 0 atom stereocenters. The van der Waals surface area contributed by atoms with Crippen molar-refractivity contribution in [2.45, 2.75) is 77.0 Å². The molecular formula is C45H53N3O11S. The third kappa shape index (κ3) is 14.2. The molecule has 0 radical (unpaired) electrons. The van der Waals surface area contributed by atoms with Crippen LogP contribution in [0.15, 0.2) is 85.2 Å². The summed E-state index contributed by atoms with van der Waals surface area (Å²) < 4.78 is 33.9. The molecule has 0 saturated heterocycles. The first kappa shape index (κ1) is 45.3. The fourth-order valence-electron chi connectivity index (χ4n) is 6.87. The second kappa shape index (κ2) is 23.7. The minimum absolute atomic E-state index is 0.226. The van der Waals surface area contributed by atoms with Crippen LogP contribution in [0.4, 0.5) is 5.13 Å². The van der Waals surface area contributed by atoms with Crippen molar-refractivity contribution in [3.63, 3.8) is 0 Å². The molecule has 0 unspecified atom stereocenters. The molecule has 2 saturated carbocycles. The number of thiazole rings is 1. The van der Waals surface area contributed by atoms with E-state index in [0.29, 0.717) is 100 Å². The smallest absolute Gasteiger partial charge is 0.330 e. The van der Waals surface area contributed by atoms with Crippen molar-refractivity contribution in [2.24, 2.45) is 28.8 Å². The van der Waals surface area contributed by atoms with Gasteiger partial charge in [-0.1, -0.05) is 43.2 Å². The van der Waals surface area contributed by atoms with Gasteiger partial charge in [-0.05, 0) is 113 Å². The molecular weight excluding hydrogens is 791 g/mol. The lowest BCUT2D eigenvalue weighted by atomic mass is 9.82. The van der Waals surface area contributed by atoms with Crippen LogP contribution in [0.3, 0.4) is 0 Å². The number of aromatic nitrogens is 1. The number of unbranched alkanes of at least 4 members (excludes halogenated alkanes) is 2. The third-order valence-electron chi connectivity index (χ3n) is 10.3. The van der Waals surface area contributed by atoms with Gasteiger partial charge in [-0.25, -0.2) is 9.78 Å². The largest absolute Gasteiger partial charge is 0.494 e. The van der Waals surface area contributed by atoms with Gasteiger partial charge >= 0.3 is 29.8 Å². The number of carbonyl (C=O) groups excluding carboxylic acids is 5. The van der Waals surface area contributed by atoms with E-state index in [4.69, 9.17) is 28.4 Å². The van der Waals surface area contributed by atoms with Gasteiger partial charge in [-0.2, -0.15) is 5.10 Å². The Hall–Kier alpha value is -5.83. The van der Waals surface area contributed by atoms with Crippen LogP contribution >= 0.6 is 11.3 Å². The van der Waals surface area contributed by atoms with E-state index >= 15 is 0 Å². The first-order valence-electron chi connectivity index (χ1n) is 20.4. The summed E-state index contributed by atoms with van der Waals surface area (Å²) in [7, 11) is 0. The molecule has 3 aromatic rings. The number of ether oxygens (including phenoxy) is 6. The SMILES string of the molecule is C=CC(=C)OCCCCOC(=O)C1CCC(C(=O)Oc2ccc(OC(=O)C3CCC(C(=O)OCCCCOC(=O)C=C)CC3)cc2/C=N/Nc2nc3ccccc3s2)CC1. The highest BCUT2D eigenvalue weighted by Crippen LogP contribution is 2.34. The van der Waals surface area contributed by atoms with Gasteiger partial charge in [-0.3, -0.25) is 24.6 Å². The minimum Gasteiger partial charge on any atom is -0.494 e. The molecule has 1 heterocycles. The number of esters is 5. The second-order valence-corrected chi connectivity index (χ2v) is 15.7. The number of allylic oxidation sites excluding steroid dienone is 1. The number of rotatable bonds is 22. The average molecular weight is 844 g/mol. The maximum absolute atomic E-state index is 13.4. The van der Waals surface area contributed by atoms with E-state index in [1.165, 1.54) is 17.6 Å². The molecule has 15 heteroatoms. The summed E-state index contributed by atoms with van der Waals surface area (Å²) in [5, 5.41) is 4.93. The normalized spacial score (nSPS) is 18.8. The maximum atomic E-state index is 13.4. The number of anilines is 1. The van der Waals surface area contributed by atoms with Crippen molar-refractivity contribution in [3.05, 3.63) is 85.7 Å². The summed E-state index contributed by atoms with van der Waals surface area (Å²) >= 11 is 1.43. The van der Waals surface area contributed by atoms with Crippen LogP contribution in [0.2, 0.25) is 0 Å². The molecule has 60 heavy (non-hydrogen) atoms. The lowest BCUT2D eigenvalue weighted by Gasteiger charge is -2.26. The van der Waals surface area contributed by atoms with E-state index in [-0.39, 0.29) is 48.5 Å². The molecule has 0 spiro atoms. The summed E-state index contributed by atoms with van der Waals surface area (Å²) in [6.07, 6.45) is 10.5. The van der Waals surface area contributed by atoms with E-state index in [2.05, 4.69) is 35.2 Å². The van der Waals surface area contributed by atoms with Gasteiger partial charge in [0, 0.05) is 11.6 Å². The van der Waals surface area contributed by atoms with Crippen molar-refractivity contribution in [3.8, 4) is 11.5 Å². The molecule has 2 aliphatic rings. The number of hydrazone groups is 1. The van der Waals surface area contributed by atoms with Gasteiger partial charge in [0.25, 0.3) is 0 Å². The summed E-state index contributed by atoms with van der Waals surface area (Å²) in [6.45, 7) is 11.9. The number of nitrogens with one attached hydrogen (secondary N) is 1. The topological polar surface area (TPSA) is 178 Å². The number of hydrogen-bond acceptors (Lipinski definition) is 15. The molecule has 1 aromatic heterocycles. The lowest BCUT2D eigenvalue weighted by molar-refractivity contribution is -0.152. The van der Waals surface area contributed by atoms with Crippen molar-refractivity contribution >= 4 is 62.7 Å². The van der Waals surface area contributed by atoms with E-state index in [1.54, 1.807) is 24.3 Å². The Morgan fingerprint density at radius 1 is 0.683 bits per heavy atom. The van der Waals surface area contributed by atoms with Crippen LogP contribution < -0.4 is 14.9 Å². The van der Waals surface area contributed by atoms with Crippen molar-refractivity contribution in [2.75, 3.05) is 31.9 Å².